The van der Waals surface area contributed by atoms with Gasteiger partial charge < -0.3 is 14.4 Å². The van der Waals surface area contributed by atoms with Crippen LogP contribution in [0.1, 0.15) is 27.0 Å². The van der Waals surface area contributed by atoms with Crippen LogP contribution in [-0.2, 0) is 13.0 Å². The maximum atomic E-state index is 12.9. The predicted octanol–water partition coefficient (Wildman–Crippen LogP) is 3.21. The molecule has 4 heteroatoms. The number of benzene rings is 2. The summed E-state index contributed by atoms with van der Waals surface area (Å²) < 4.78 is 10.6. The van der Waals surface area contributed by atoms with Crippen LogP contribution in [0.3, 0.4) is 0 Å². The van der Waals surface area contributed by atoms with Gasteiger partial charge in [-0.3, -0.25) is 4.79 Å². The van der Waals surface area contributed by atoms with Gasteiger partial charge >= 0.3 is 0 Å². The van der Waals surface area contributed by atoms with Crippen LogP contribution < -0.4 is 9.47 Å². The molecule has 0 atom stereocenters. The van der Waals surface area contributed by atoms with Gasteiger partial charge in [0.2, 0.25) is 0 Å². The van der Waals surface area contributed by atoms with Crippen molar-refractivity contribution in [3.8, 4) is 11.5 Å². The fraction of sp³-hybridized carbons (Fsp3) is 0.316. The van der Waals surface area contributed by atoms with Gasteiger partial charge in [-0.05, 0) is 42.2 Å². The van der Waals surface area contributed by atoms with Gasteiger partial charge in [-0.15, -0.1) is 0 Å². The largest absolute Gasteiger partial charge is 0.493 e. The molecule has 1 amide bonds. The first-order chi connectivity index (χ1) is 11.1. The summed E-state index contributed by atoms with van der Waals surface area (Å²) in [5.74, 6) is 1.27. The maximum absolute atomic E-state index is 12.9. The predicted molar refractivity (Wildman–Crippen MR) is 89.2 cm³/mol. The molecule has 2 aromatic carbocycles. The van der Waals surface area contributed by atoms with E-state index in [0.29, 0.717) is 23.6 Å². The van der Waals surface area contributed by atoms with Crippen LogP contribution in [0, 0.1) is 6.92 Å². The Kier molecular flexibility index (Phi) is 4.24. The Morgan fingerprint density at radius 2 is 1.70 bits per heavy atom. The van der Waals surface area contributed by atoms with Crippen molar-refractivity contribution in [2.75, 3.05) is 20.8 Å². The molecular weight excluding hydrogens is 290 g/mol. The van der Waals surface area contributed by atoms with Crippen LogP contribution in [0.5, 0.6) is 11.5 Å². The van der Waals surface area contributed by atoms with Gasteiger partial charge in [-0.1, -0.05) is 24.3 Å². The second-order valence-corrected chi connectivity index (χ2v) is 5.77. The Hall–Kier alpha value is -2.49. The number of hydrogen-bond acceptors (Lipinski definition) is 3. The maximum Gasteiger partial charge on any atom is 0.254 e. The van der Waals surface area contributed by atoms with E-state index in [2.05, 4.69) is 18.2 Å². The zero-order chi connectivity index (χ0) is 16.4. The molecule has 1 heterocycles. The van der Waals surface area contributed by atoms with Crippen molar-refractivity contribution in [1.82, 2.24) is 4.90 Å². The van der Waals surface area contributed by atoms with Crippen LogP contribution in [0.15, 0.2) is 36.4 Å². The summed E-state index contributed by atoms with van der Waals surface area (Å²) in [7, 11) is 3.18. The second kappa shape index (κ2) is 6.32. The highest BCUT2D eigenvalue weighted by atomic mass is 16.5. The molecule has 0 spiro atoms. The molecule has 0 N–H and O–H groups in total. The smallest absolute Gasteiger partial charge is 0.254 e. The van der Waals surface area contributed by atoms with E-state index in [1.807, 2.05) is 24.0 Å². The number of fused-ring (bicyclic) bond motifs is 1. The first-order valence-electron chi connectivity index (χ1n) is 7.72. The van der Waals surface area contributed by atoms with Gasteiger partial charge in [-0.2, -0.15) is 0 Å². The summed E-state index contributed by atoms with van der Waals surface area (Å²) in [6.07, 6.45) is 0.897. The Morgan fingerprint density at radius 3 is 2.39 bits per heavy atom. The normalized spacial score (nSPS) is 13.4. The molecule has 0 radical (unpaired) electrons. The zero-order valence-electron chi connectivity index (χ0n) is 13.8. The van der Waals surface area contributed by atoms with Crippen molar-refractivity contribution in [2.45, 2.75) is 19.9 Å². The summed E-state index contributed by atoms with van der Waals surface area (Å²) in [5.41, 5.74) is 4.12. The molecule has 0 aliphatic carbocycles. The summed E-state index contributed by atoms with van der Waals surface area (Å²) in [6, 6.07) is 11.9. The average Bonchev–Trinajstić information content (AvgIpc) is 2.60. The lowest BCUT2D eigenvalue weighted by Crippen LogP contribution is -2.36. The Morgan fingerprint density at radius 1 is 1.04 bits per heavy atom. The molecule has 0 bridgehead atoms. The van der Waals surface area contributed by atoms with Crippen molar-refractivity contribution in [3.63, 3.8) is 0 Å². The van der Waals surface area contributed by atoms with E-state index in [0.717, 1.165) is 18.5 Å². The number of carbonyl (C=O) groups is 1. The number of rotatable bonds is 3. The van der Waals surface area contributed by atoms with Crippen LogP contribution in [-0.4, -0.2) is 31.6 Å². The van der Waals surface area contributed by atoms with Crippen molar-refractivity contribution in [1.29, 1.82) is 0 Å². The first-order valence-corrected chi connectivity index (χ1v) is 7.72. The number of nitrogens with zero attached hydrogens (tertiary/aromatic N) is 1. The molecule has 4 nitrogen and oxygen atoms in total. The molecule has 23 heavy (non-hydrogen) atoms. The standard InChI is InChI=1S/C19H21NO3/c1-13-10-17(22-2)18(23-3)11-16(13)19(21)20-9-8-14-6-4-5-7-15(14)12-20/h4-7,10-11H,8-9,12H2,1-3H3. The second-order valence-electron chi connectivity index (χ2n) is 5.77. The van der Waals surface area contributed by atoms with Crippen molar-refractivity contribution >= 4 is 5.91 Å². The van der Waals surface area contributed by atoms with E-state index < -0.39 is 0 Å². The van der Waals surface area contributed by atoms with Gasteiger partial charge in [0.15, 0.2) is 11.5 Å². The minimum atomic E-state index is 0.0398. The highest BCUT2D eigenvalue weighted by Crippen LogP contribution is 2.31. The zero-order valence-corrected chi connectivity index (χ0v) is 13.8. The first kappa shape index (κ1) is 15.4. The molecule has 2 aromatic rings. The molecule has 0 saturated carbocycles. The van der Waals surface area contributed by atoms with E-state index >= 15 is 0 Å². The summed E-state index contributed by atoms with van der Waals surface area (Å²) in [5, 5.41) is 0. The fourth-order valence-corrected chi connectivity index (χ4v) is 3.05. The minimum Gasteiger partial charge on any atom is -0.493 e. The number of carbonyl (C=O) groups excluding carboxylic acids is 1. The molecule has 3 rings (SSSR count). The van der Waals surface area contributed by atoms with Gasteiger partial charge in [0.25, 0.3) is 5.91 Å². The van der Waals surface area contributed by atoms with E-state index in [4.69, 9.17) is 9.47 Å². The lowest BCUT2D eigenvalue weighted by atomic mass is 9.98. The van der Waals surface area contributed by atoms with E-state index in [1.54, 1.807) is 20.3 Å². The van der Waals surface area contributed by atoms with Crippen molar-refractivity contribution in [3.05, 3.63) is 58.7 Å². The van der Waals surface area contributed by atoms with Crippen LogP contribution in [0.4, 0.5) is 0 Å². The van der Waals surface area contributed by atoms with E-state index in [9.17, 15) is 4.79 Å². The summed E-state index contributed by atoms with van der Waals surface area (Å²) >= 11 is 0. The third-order valence-electron chi connectivity index (χ3n) is 4.38. The van der Waals surface area contributed by atoms with Gasteiger partial charge in [0, 0.05) is 18.7 Å². The third kappa shape index (κ3) is 2.89. The molecule has 1 aliphatic rings. The Bertz CT molecular complexity index is 739. The fourth-order valence-electron chi connectivity index (χ4n) is 3.05. The molecule has 120 valence electrons. The highest BCUT2D eigenvalue weighted by Gasteiger charge is 2.24. The number of hydrogen-bond donors (Lipinski definition) is 0. The van der Waals surface area contributed by atoms with Gasteiger partial charge in [0.1, 0.15) is 0 Å². The minimum absolute atomic E-state index is 0.0398. The third-order valence-corrected chi connectivity index (χ3v) is 4.38. The van der Waals surface area contributed by atoms with Crippen molar-refractivity contribution in [2.24, 2.45) is 0 Å². The lowest BCUT2D eigenvalue weighted by Gasteiger charge is -2.29. The Balaban J connectivity index is 1.89. The quantitative estimate of drug-likeness (QED) is 0.873. The van der Waals surface area contributed by atoms with Gasteiger partial charge in [-0.25, -0.2) is 0 Å². The number of amides is 1. The van der Waals surface area contributed by atoms with Crippen LogP contribution in [0.25, 0.3) is 0 Å². The van der Waals surface area contributed by atoms with E-state index in [1.165, 1.54) is 11.1 Å². The van der Waals surface area contributed by atoms with Crippen molar-refractivity contribution < 1.29 is 14.3 Å². The average molecular weight is 311 g/mol. The summed E-state index contributed by atoms with van der Waals surface area (Å²) in [6.45, 7) is 3.32. The SMILES string of the molecule is COc1cc(C)c(C(=O)N2CCc3ccccc3C2)cc1OC. The number of methoxy groups -OCH3 is 2. The molecule has 0 unspecified atom stereocenters. The molecule has 0 aromatic heterocycles. The lowest BCUT2D eigenvalue weighted by molar-refractivity contribution is 0.0733. The Labute approximate surface area is 136 Å². The monoisotopic (exact) mass is 311 g/mol. The number of ether oxygens (including phenoxy) is 2. The number of aryl methyl sites for hydroxylation is 1. The molecule has 0 saturated heterocycles. The van der Waals surface area contributed by atoms with Crippen LogP contribution >= 0.6 is 0 Å². The molecule has 0 fully saturated rings. The molecular formula is C19H21NO3. The van der Waals surface area contributed by atoms with Crippen LogP contribution in [0.2, 0.25) is 0 Å². The highest BCUT2D eigenvalue weighted by molar-refractivity contribution is 5.96. The van der Waals surface area contributed by atoms with Gasteiger partial charge in [0.05, 0.1) is 14.2 Å². The summed E-state index contributed by atoms with van der Waals surface area (Å²) in [4.78, 5) is 14.8. The molecule has 1 aliphatic heterocycles. The van der Waals surface area contributed by atoms with E-state index in [-0.39, 0.29) is 5.91 Å². The topological polar surface area (TPSA) is 38.8 Å².